The van der Waals surface area contributed by atoms with Crippen LogP contribution in [0.25, 0.3) is 0 Å². The first-order valence-electron chi connectivity index (χ1n) is 9.26. The van der Waals surface area contributed by atoms with Gasteiger partial charge in [-0.3, -0.25) is 9.59 Å². The third kappa shape index (κ3) is 3.82. The summed E-state index contributed by atoms with van der Waals surface area (Å²) >= 11 is 0. The Hall–Kier alpha value is -2.82. The zero-order chi connectivity index (χ0) is 19.7. The van der Waals surface area contributed by atoms with Crippen molar-refractivity contribution in [3.8, 4) is 0 Å². The molecule has 1 N–H and O–H groups in total. The van der Waals surface area contributed by atoms with Crippen LogP contribution in [0.5, 0.6) is 0 Å². The maximum atomic E-state index is 12.4. The standard InChI is InChI=1S/C22H27N3O2/c1-14-6-9-18(10-7-14)23-20-12-15(2)25(16(3)26)21-11-8-17(13-19(20)21)22(27)24(4)5/h6-11,13,15,20,23H,12H2,1-5H3. The van der Waals surface area contributed by atoms with Crippen molar-refractivity contribution in [3.63, 3.8) is 0 Å². The number of aryl methyl sites for hydroxylation is 1. The molecule has 1 heterocycles. The minimum atomic E-state index is -0.0418. The van der Waals surface area contributed by atoms with Crippen LogP contribution in [0.3, 0.4) is 0 Å². The van der Waals surface area contributed by atoms with Crippen LogP contribution in [0.15, 0.2) is 42.5 Å². The maximum absolute atomic E-state index is 12.4. The fourth-order valence-corrected chi connectivity index (χ4v) is 3.72. The Morgan fingerprint density at radius 3 is 2.37 bits per heavy atom. The molecule has 142 valence electrons. The van der Waals surface area contributed by atoms with E-state index in [9.17, 15) is 9.59 Å². The van der Waals surface area contributed by atoms with Crippen LogP contribution in [0.2, 0.25) is 0 Å². The molecule has 0 spiro atoms. The lowest BCUT2D eigenvalue weighted by atomic mass is 9.89. The number of carbonyl (C=O) groups excluding carboxylic acids is 2. The van der Waals surface area contributed by atoms with E-state index in [2.05, 4.69) is 43.4 Å². The average Bonchev–Trinajstić information content (AvgIpc) is 2.62. The van der Waals surface area contributed by atoms with Gasteiger partial charge in [0.1, 0.15) is 0 Å². The van der Waals surface area contributed by atoms with Crippen LogP contribution in [0, 0.1) is 6.92 Å². The molecule has 1 aliphatic heterocycles. The van der Waals surface area contributed by atoms with Gasteiger partial charge in [-0.1, -0.05) is 17.7 Å². The highest BCUT2D eigenvalue weighted by atomic mass is 16.2. The first kappa shape index (κ1) is 19.0. The fourth-order valence-electron chi connectivity index (χ4n) is 3.72. The monoisotopic (exact) mass is 365 g/mol. The summed E-state index contributed by atoms with van der Waals surface area (Å²) in [6.07, 6.45) is 0.778. The van der Waals surface area contributed by atoms with Crippen molar-refractivity contribution < 1.29 is 9.59 Å². The summed E-state index contributed by atoms with van der Waals surface area (Å²) in [6.45, 7) is 5.71. The summed E-state index contributed by atoms with van der Waals surface area (Å²) in [7, 11) is 3.49. The van der Waals surface area contributed by atoms with E-state index in [-0.39, 0.29) is 23.9 Å². The number of rotatable bonds is 3. The molecule has 5 nitrogen and oxygen atoms in total. The number of hydrogen-bond acceptors (Lipinski definition) is 3. The number of anilines is 2. The van der Waals surface area contributed by atoms with Crippen LogP contribution in [-0.4, -0.2) is 36.9 Å². The van der Waals surface area contributed by atoms with E-state index in [1.165, 1.54) is 5.56 Å². The maximum Gasteiger partial charge on any atom is 0.253 e. The lowest BCUT2D eigenvalue weighted by Crippen LogP contribution is -2.43. The molecule has 0 fully saturated rings. The van der Waals surface area contributed by atoms with E-state index < -0.39 is 0 Å². The molecule has 0 saturated carbocycles. The summed E-state index contributed by atoms with van der Waals surface area (Å²) in [5, 5.41) is 3.59. The molecule has 27 heavy (non-hydrogen) atoms. The van der Waals surface area contributed by atoms with Gasteiger partial charge in [0.25, 0.3) is 5.91 Å². The van der Waals surface area contributed by atoms with Crippen molar-refractivity contribution in [1.29, 1.82) is 0 Å². The Balaban J connectivity index is 2.04. The van der Waals surface area contributed by atoms with Crippen LogP contribution in [-0.2, 0) is 4.79 Å². The van der Waals surface area contributed by atoms with Gasteiger partial charge < -0.3 is 15.1 Å². The number of fused-ring (bicyclic) bond motifs is 1. The predicted molar refractivity (Wildman–Crippen MR) is 109 cm³/mol. The number of benzene rings is 2. The van der Waals surface area contributed by atoms with E-state index in [1.807, 2.05) is 17.0 Å². The summed E-state index contributed by atoms with van der Waals surface area (Å²) in [5.74, 6) is -0.0240. The Labute approximate surface area is 161 Å². The van der Waals surface area contributed by atoms with Gasteiger partial charge >= 0.3 is 0 Å². The van der Waals surface area contributed by atoms with Crippen molar-refractivity contribution in [2.24, 2.45) is 0 Å². The molecular formula is C22H27N3O2. The molecule has 5 heteroatoms. The highest BCUT2D eigenvalue weighted by Crippen LogP contribution is 2.39. The second-order valence-electron chi connectivity index (χ2n) is 7.51. The Morgan fingerprint density at radius 1 is 1.11 bits per heavy atom. The van der Waals surface area contributed by atoms with Gasteiger partial charge in [-0.15, -0.1) is 0 Å². The molecule has 0 aromatic heterocycles. The number of hydrogen-bond donors (Lipinski definition) is 1. The van der Waals surface area contributed by atoms with Crippen molar-refractivity contribution in [2.45, 2.75) is 39.3 Å². The summed E-state index contributed by atoms with van der Waals surface area (Å²) in [4.78, 5) is 28.1. The molecule has 2 aromatic carbocycles. The second-order valence-corrected chi connectivity index (χ2v) is 7.51. The molecule has 0 radical (unpaired) electrons. The second kappa shape index (κ2) is 7.43. The van der Waals surface area contributed by atoms with Crippen LogP contribution < -0.4 is 10.2 Å². The fraction of sp³-hybridized carbons (Fsp3) is 0.364. The van der Waals surface area contributed by atoms with Crippen molar-refractivity contribution in [2.75, 3.05) is 24.3 Å². The smallest absolute Gasteiger partial charge is 0.253 e. The molecule has 1 aliphatic rings. The molecule has 2 unspecified atom stereocenters. The van der Waals surface area contributed by atoms with E-state index in [0.717, 1.165) is 23.4 Å². The summed E-state index contributed by atoms with van der Waals surface area (Å²) in [6, 6.07) is 14.0. The number of amides is 2. The van der Waals surface area contributed by atoms with Crippen molar-refractivity contribution in [1.82, 2.24) is 4.90 Å². The molecule has 0 aliphatic carbocycles. The van der Waals surface area contributed by atoms with E-state index in [1.54, 1.807) is 32.0 Å². The highest BCUT2D eigenvalue weighted by Gasteiger charge is 2.33. The number of nitrogens with one attached hydrogen (secondary N) is 1. The van der Waals surface area contributed by atoms with Crippen molar-refractivity contribution in [3.05, 3.63) is 59.2 Å². The predicted octanol–water partition coefficient (Wildman–Crippen LogP) is 4.00. The van der Waals surface area contributed by atoms with Crippen LogP contribution >= 0.6 is 0 Å². The first-order chi connectivity index (χ1) is 12.8. The third-order valence-corrected chi connectivity index (χ3v) is 5.06. The molecule has 2 aromatic rings. The molecule has 0 saturated heterocycles. The topological polar surface area (TPSA) is 52.7 Å². The van der Waals surface area contributed by atoms with Gasteiger partial charge in [-0.2, -0.15) is 0 Å². The number of nitrogens with zero attached hydrogens (tertiary/aromatic N) is 2. The highest BCUT2D eigenvalue weighted by molar-refractivity contribution is 5.97. The molecule has 2 amide bonds. The minimum absolute atomic E-state index is 0.0178. The normalized spacial score (nSPS) is 18.6. The summed E-state index contributed by atoms with van der Waals surface area (Å²) < 4.78 is 0. The Kier molecular flexibility index (Phi) is 5.22. The lowest BCUT2D eigenvalue weighted by Gasteiger charge is -2.39. The number of carbonyl (C=O) groups is 2. The lowest BCUT2D eigenvalue weighted by molar-refractivity contribution is -0.117. The zero-order valence-electron chi connectivity index (χ0n) is 16.6. The van der Waals surface area contributed by atoms with Crippen LogP contribution in [0.4, 0.5) is 11.4 Å². The molecule has 2 atom stereocenters. The minimum Gasteiger partial charge on any atom is -0.378 e. The van der Waals surface area contributed by atoms with Gasteiger partial charge in [0.05, 0.1) is 6.04 Å². The van der Waals surface area contributed by atoms with Crippen molar-refractivity contribution >= 4 is 23.2 Å². The Bertz CT molecular complexity index is 858. The third-order valence-electron chi connectivity index (χ3n) is 5.06. The first-order valence-corrected chi connectivity index (χ1v) is 9.26. The molecule has 0 bridgehead atoms. The van der Waals surface area contributed by atoms with Gasteiger partial charge in [-0.25, -0.2) is 0 Å². The van der Waals surface area contributed by atoms with Gasteiger partial charge in [0, 0.05) is 44.0 Å². The SMILES string of the molecule is CC(=O)N1c2ccc(C(=O)N(C)C)cc2C(Nc2ccc(C)cc2)CC1C. The molecule has 3 rings (SSSR count). The van der Waals surface area contributed by atoms with Gasteiger partial charge in [-0.05, 0) is 56.2 Å². The summed E-state index contributed by atoms with van der Waals surface area (Å²) in [5.41, 5.74) is 4.73. The zero-order valence-corrected chi connectivity index (χ0v) is 16.6. The van der Waals surface area contributed by atoms with Crippen LogP contribution in [0.1, 0.15) is 47.8 Å². The largest absolute Gasteiger partial charge is 0.378 e. The van der Waals surface area contributed by atoms with Gasteiger partial charge in [0.2, 0.25) is 5.91 Å². The van der Waals surface area contributed by atoms with E-state index in [4.69, 9.17) is 0 Å². The van der Waals surface area contributed by atoms with Gasteiger partial charge in [0.15, 0.2) is 0 Å². The molecular weight excluding hydrogens is 338 g/mol. The van der Waals surface area contributed by atoms with E-state index in [0.29, 0.717) is 5.56 Å². The average molecular weight is 365 g/mol. The quantitative estimate of drug-likeness (QED) is 0.895. The Morgan fingerprint density at radius 2 is 1.78 bits per heavy atom. The van der Waals surface area contributed by atoms with E-state index >= 15 is 0 Å².